The third-order valence-electron chi connectivity index (χ3n) is 6.38. The standard InChI is InChI=1S/C29H34BrN3O4S/c1-4-22(2)31-29(35)23(3)32(20-19-24-11-7-5-8-12-24)28(34)21-33(26-17-15-25(30)16-18-26)38(36,37)27-13-9-6-10-14-27/h5-18,22-23H,4,19-21H2,1-3H3,(H,31,35)/t22-,23-/m0/s1. The molecule has 9 heteroatoms. The topological polar surface area (TPSA) is 86.8 Å². The van der Waals surface area contributed by atoms with E-state index >= 15 is 0 Å². The highest BCUT2D eigenvalue weighted by atomic mass is 79.9. The van der Waals surface area contributed by atoms with Crippen molar-refractivity contribution in [3.63, 3.8) is 0 Å². The zero-order valence-electron chi connectivity index (χ0n) is 21.9. The summed E-state index contributed by atoms with van der Waals surface area (Å²) in [4.78, 5) is 28.4. The number of benzene rings is 3. The van der Waals surface area contributed by atoms with Crippen LogP contribution in [0.25, 0.3) is 0 Å². The quantitative estimate of drug-likeness (QED) is 0.317. The van der Waals surface area contributed by atoms with Gasteiger partial charge in [0, 0.05) is 17.1 Å². The minimum Gasteiger partial charge on any atom is -0.352 e. The monoisotopic (exact) mass is 599 g/mol. The zero-order chi connectivity index (χ0) is 27.7. The minimum absolute atomic E-state index is 0.0475. The van der Waals surface area contributed by atoms with Crippen molar-refractivity contribution in [1.82, 2.24) is 10.2 Å². The van der Waals surface area contributed by atoms with Crippen LogP contribution in [0.15, 0.2) is 94.3 Å². The molecule has 38 heavy (non-hydrogen) atoms. The van der Waals surface area contributed by atoms with Gasteiger partial charge in [-0.05, 0) is 68.7 Å². The van der Waals surface area contributed by atoms with E-state index in [9.17, 15) is 18.0 Å². The molecule has 2 amide bonds. The van der Waals surface area contributed by atoms with Crippen molar-refractivity contribution < 1.29 is 18.0 Å². The molecular formula is C29H34BrN3O4S. The van der Waals surface area contributed by atoms with Crippen LogP contribution in [0.3, 0.4) is 0 Å². The van der Waals surface area contributed by atoms with Crippen LogP contribution in [-0.4, -0.2) is 50.3 Å². The van der Waals surface area contributed by atoms with E-state index in [0.29, 0.717) is 12.1 Å². The Balaban J connectivity index is 1.95. The molecule has 0 aliphatic heterocycles. The third-order valence-corrected chi connectivity index (χ3v) is 8.69. The summed E-state index contributed by atoms with van der Waals surface area (Å²) >= 11 is 3.38. The first kappa shape index (κ1) is 29.4. The fourth-order valence-corrected chi connectivity index (χ4v) is 5.59. The Labute approximate surface area is 234 Å². The second kappa shape index (κ2) is 13.6. The number of amides is 2. The van der Waals surface area contributed by atoms with E-state index in [1.54, 1.807) is 49.4 Å². The molecule has 0 saturated carbocycles. The number of anilines is 1. The summed E-state index contributed by atoms with van der Waals surface area (Å²) in [5.74, 6) is -0.739. The molecule has 0 heterocycles. The summed E-state index contributed by atoms with van der Waals surface area (Å²) in [6, 6.07) is 23.6. The average molecular weight is 601 g/mol. The van der Waals surface area contributed by atoms with Crippen molar-refractivity contribution in [3.05, 3.63) is 95.0 Å². The smallest absolute Gasteiger partial charge is 0.264 e. The molecule has 7 nitrogen and oxygen atoms in total. The average Bonchev–Trinajstić information content (AvgIpc) is 2.93. The molecule has 1 N–H and O–H groups in total. The highest BCUT2D eigenvalue weighted by Gasteiger charge is 2.32. The normalized spacial score (nSPS) is 12.8. The zero-order valence-corrected chi connectivity index (χ0v) is 24.3. The first-order valence-corrected chi connectivity index (χ1v) is 14.8. The Morgan fingerprint density at radius 2 is 1.47 bits per heavy atom. The van der Waals surface area contributed by atoms with Gasteiger partial charge in [-0.15, -0.1) is 0 Å². The van der Waals surface area contributed by atoms with E-state index < -0.39 is 28.5 Å². The second-order valence-electron chi connectivity index (χ2n) is 9.12. The van der Waals surface area contributed by atoms with Crippen LogP contribution < -0.4 is 9.62 Å². The molecule has 3 rings (SSSR count). The largest absolute Gasteiger partial charge is 0.352 e. The van der Waals surface area contributed by atoms with Crippen molar-refractivity contribution in [1.29, 1.82) is 0 Å². The van der Waals surface area contributed by atoms with E-state index in [4.69, 9.17) is 0 Å². The Morgan fingerprint density at radius 3 is 2.05 bits per heavy atom. The van der Waals surface area contributed by atoms with Gasteiger partial charge in [-0.2, -0.15) is 0 Å². The number of hydrogen-bond acceptors (Lipinski definition) is 4. The molecule has 0 bridgehead atoms. The third kappa shape index (κ3) is 7.68. The van der Waals surface area contributed by atoms with Crippen molar-refractivity contribution in [2.45, 2.75) is 50.6 Å². The fraction of sp³-hybridized carbons (Fsp3) is 0.310. The van der Waals surface area contributed by atoms with Gasteiger partial charge >= 0.3 is 0 Å². The minimum atomic E-state index is -4.06. The lowest BCUT2D eigenvalue weighted by Crippen LogP contribution is -2.53. The van der Waals surface area contributed by atoms with Crippen LogP contribution in [0.2, 0.25) is 0 Å². The number of carbonyl (C=O) groups excluding carboxylic acids is 2. The van der Waals surface area contributed by atoms with Gasteiger partial charge in [0.1, 0.15) is 12.6 Å². The van der Waals surface area contributed by atoms with Crippen molar-refractivity contribution in [2.24, 2.45) is 0 Å². The van der Waals surface area contributed by atoms with E-state index in [0.717, 1.165) is 20.8 Å². The van der Waals surface area contributed by atoms with E-state index in [-0.39, 0.29) is 23.4 Å². The van der Waals surface area contributed by atoms with Gasteiger partial charge in [-0.1, -0.05) is 71.4 Å². The number of hydrogen-bond donors (Lipinski definition) is 1. The molecule has 0 aliphatic carbocycles. The van der Waals surface area contributed by atoms with Gasteiger partial charge in [0.2, 0.25) is 11.8 Å². The summed E-state index contributed by atoms with van der Waals surface area (Å²) in [6.45, 7) is 5.36. The maximum Gasteiger partial charge on any atom is 0.264 e. The van der Waals surface area contributed by atoms with Gasteiger partial charge in [0.05, 0.1) is 10.6 Å². The summed E-state index contributed by atoms with van der Waals surface area (Å²) in [7, 11) is -4.06. The molecule has 0 spiro atoms. The number of rotatable bonds is 12. The lowest BCUT2D eigenvalue weighted by atomic mass is 10.1. The van der Waals surface area contributed by atoms with Crippen LogP contribution in [0.4, 0.5) is 5.69 Å². The summed E-state index contributed by atoms with van der Waals surface area (Å²) in [5, 5.41) is 2.94. The van der Waals surface area contributed by atoms with E-state index in [2.05, 4.69) is 21.2 Å². The SMILES string of the molecule is CC[C@H](C)NC(=O)[C@H](C)N(CCc1ccccc1)C(=O)CN(c1ccc(Br)cc1)S(=O)(=O)c1ccccc1. The second-order valence-corrected chi connectivity index (χ2v) is 11.9. The molecule has 3 aromatic rings. The molecule has 0 aromatic heterocycles. The fourth-order valence-electron chi connectivity index (χ4n) is 3.89. The van der Waals surface area contributed by atoms with Crippen LogP contribution in [0, 0.1) is 0 Å². The summed E-state index contributed by atoms with van der Waals surface area (Å²) < 4.78 is 29.3. The Morgan fingerprint density at radius 1 is 0.895 bits per heavy atom. The van der Waals surface area contributed by atoms with Crippen molar-refractivity contribution in [2.75, 3.05) is 17.4 Å². The summed E-state index contributed by atoms with van der Waals surface area (Å²) in [6.07, 6.45) is 1.28. The number of halogens is 1. The first-order chi connectivity index (χ1) is 18.1. The van der Waals surface area contributed by atoms with Gasteiger partial charge in [-0.25, -0.2) is 8.42 Å². The molecule has 0 unspecified atom stereocenters. The number of nitrogens with zero attached hydrogens (tertiary/aromatic N) is 2. The van der Waals surface area contributed by atoms with Gasteiger partial charge in [0.15, 0.2) is 0 Å². The summed E-state index contributed by atoms with van der Waals surface area (Å²) in [5.41, 5.74) is 1.37. The molecule has 0 aliphatic rings. The Kier molecular flexibility index (Phi) is 10.5. The maximum absolute atomic E-state index is 13.8. The molecular weight excluding hydrogens is 566 g/mol. The molecule has 0 fully saturated rings. The Hall–Kier alpha value is -3.17. The van der Waals surface area contributed by atoms with Crippen molar-refractivity contribution in [3.8, 4) is 0 Å². The lowest BCUT2D eigenvalue weighted by molar-refractivity contribution is -0.139. The lowest BCUT2D eigenvalue weighted by Gasteiger charge is -2.32. The van der Waals surface area contributed by atoms with E-state index in [1.807, 2.05) is 44.2 Å². The van der Waals surface area contributed by atoms with Gasteiger partial charge < -0.3 is 10.2 Å². The maximum atomic E-state index is 13.8. The highest BCUT2D eigenvalue weighted by Crippen LogP contribution is 2.26. The van der Waals surface area contributed by atoms with Gasteiger partial charge in [-0.3, -0.25) is 13.9 Å². The Bertz CT molecular complexity index is 1300. The number of nitrogens with one attached hydrogen (secondary N) is 1. The van der Waals surface area contributed by atoms with Crippen LogP contribution in [0.1, 0.15) is 32.8 Å². The predicted molar refractivity (Wildman–Crippen MR) is 154 cm³/mol. The van der Waals surface area contributed by atoms with E-state index in [1.165, 1.54) is 17.0 Å². The molecule has 2 atom stereocenters. The van der Waals surface area contributed by atoms with Crippen LogP contribution in [0.5, 0.6) is 0 Å². The predicted octanol–water partition coefficient (Wildman–Crippen LogP) is 5.02. The van der Waals surface area contributed by atoms with Crippen LogP contribution >= 0.6 is 15.9 Å². The molecule has 0 radical (unpaired) electrons. The first-order valence-electron chi connectivity index (χ1n) is 12.6. The number of carbonyl (C=O) groups is 2. The number of sulfonamides is 1. The molecule has 202 valence electrons. The van der Waals surface area contributed by atoms with Crippen molar-refractivity contribution >= 4 is 43.5 Å². The highest BCUT2D eigenvalue weighted by molar-refractivity contribution is 9.10. The molecule has 0 saturated heterocycles. The van der Waals surface area contributed by atoms with Crippen LogP contribution in [-0.2, 0) is 26.0 Å². The van der Waals surface area contributed by atoms with Gasteiger partial charge in [0.25, 0.3) is 10.0 Å². The molecule has 3 aromatic carbocycles.